The van der Waals surface area contributed by atoms with E-state index < -0.39 is 11.9 Å². The highest BCUT2D eigenvalue weighted by atomic mass is 35.5. The molecule has 0 aromatic heterocycles. The molecule has 0 radical (unpaired) electrons. The SMILES string of the molecule is CC[C@@H](C(=O)NC)N(Cc1ccc(OC)cc1)C(=O)CSCc1c(F)cccc1Cl. The number of methoxy groups -OCH3 is 1. The first-order valence-corrected chi connectivity index (χ1v) is 11.1. The highest BCUT2D eigenvalue weighted by molar-refractivity contribution is 7.99. The first-order chi connectivity index (χ1) is 14.4. The Labute approximate surface area is 185 Å². The zero-order valence-corrected chi connectivity index (χ0v) is 18.9. The van der Waals surface area contributed by atoms with E-state index in [0.717, 1.165) is 5.56 Å². The predicted molar refractivity (Wildman–Crippen MR) is 119 cm³/mol. The fraction of sp³-hybridized carbons (Fsp3) is 0.364. The Bertz CT molecular complexity index is 844. The van der Waals surface area contributed by atoms with E-state index in [2.05, 4.69) is 5.32 Å². The Kier molecular flexibility index (Phi) is 9.46. The quantitative estimate of drug-likeness (QED) is 0.584. The van der Waals surface area contributed by atoms with Gasteiger partial charge in [-0.1, -0.05) is 36.7 Å². The third-order valence-electron chi connectivity index (χ3n) is 4.68. The van der Waals surface area contributed by atoms with Crippen LogP contribution in [0.4, 0.5) is 4.39 Å². The number of nitrogens with zero attached hydrogens (tertiary/aromatic N) is 1. The average Bonchev–Trinajstić information content (AvgIpc) is 2.75. The molecule has 1 N–H and O–H groups in total. The second-order valence-electron chi connectivity index (χ2n) is 6.60. The van der Waals surface area contributed by atoms with Crippen LogP contribution in [0.3, 0.4) is 0 Å². The summed E-state index contributed by atoms with van der Waals surface area (Å²) in [6.07, 6.45) is 0.478. The summed E-state index contributed by atoms with van der Waals surface area (Å²) in [6, 6.07) is 11.3. The number of halogens is 2. The normalized spacial score (nSPS) is 11.6. The third kappa shape index (κ3) is 6.37. The van der Waals surface area contributed by atoms with Crippen molar-refractivity contribution >= 4 is 35.2 Å². The van der Waals surface area contributed by atoms with Crippen LogP contribution in [-0.4, -0.2) is 42.7 Å². The number of carbonyl (C=O) groups excluding carboxylic acids is 2. The molecule has 2 aromatic rings. The summed E-state index contributed by atoms with van der Waals surface area (Å²) < 4.78 is 19.1. The predicted octanol–water partition coefficient (Wildman–Crippen LogP) is 4.27. The number of rotatable bonds is 10. The van der Waals surface area contributed by atoms with Crippen molar-refractivity contribution in [1.29, 1.82) is 0 Å². The maximum atomic E-state index is 14.0. The van der Waals surface area contributed by atoms with Crippen molar-refractivity contribution in [3.8, 4) is 5.75 Å². The summed E-state index contributed by atoms with van der Waals surface area (Å²) in [5, 5.41) is 2.96. The van der Waals surface area contributed by atoms with E-state index in [1.807, 2.05) is 31.2 Å². The van der Waals surface area contributed by atoms with Crippen LogP contribution in [0.15, 0.2) is 42.5 Å². The Morgan fingerprint density at radius 2 is 1.93 bits per heavy atom. The van der Waals surface area contributed by atoms with Gasteiger partial charge in [0, 0.05) is 29.9 Å². The fourth-order valence-corrected chi connectivity index (χ4v) is 4.26. The van der Waals surface area contributed by atoms with E-state index in [-0.39, 0.29) is 29.9 Å². The van der Waals surface area contributed by atoms with Crippen molar-refractivity contribution in [3.63, 3.8) is 0 Å². The number of nitrogens with one attached hydrogen (secondary N) is 1. The lowest BCUT2D eigenvalue weighted by Gasteiger charge is -2.30. The van der Waals surface area contributed by atoms with Crippen molar-refractivity contribution in [2.24, 2.45) is 0 Å². The summed E-state index contributed by atoms with van der Waals surface area (Å²) in [7, 11) is 3.14. The van der Waals surface area contributed by atoms with E-state index in [1.54, 1.807) is 31.2 Å². The van der Waals surface area contributed by atoms with Gasteiger partial charge in [-0.2, -0.15) is 0 Å². The Morgan fingerprint density at radius 1 is 1.23 bits per heavy atom. The van der Waals surface area contributed by atoms with Crippen LogP contribution < -0.4 is 10.1 Å². The molecule has 0 spiro atoms. The standard InChI is InChI=1S/C22H26ClFN2O3S/c1-4-20(22(28)25-2)26(12-15-8-10-16(29-3)11-9-15)21(27)14-30-13-17-18(23)6-5-7-19(17)24/h5-11,20H,4,12-14H2,1-3H3,(H,25,28)/t20-/m0/s1. The number of benzene rings is 2. The summed E-state index contributed by atoms with van der Waals surface area (Å²) in [4.78, 5) is 27.0. The molecule has 0 fully saturated rings. The van der Waals surface area contributed by atoms with Gasteiger partial charge in [-0.3, -0.25) is 9.59 Å². The number of hydrogen-bond acceptors (Lipinski definition) is 4. The number of amides is 2. The molecule has 0 saturated heterocycles. The number of hydrogen-bond donors (Lipinski definition) is 1. The van der Waals surface area contributed by atoms with Gasteiger partial charge in [0.2, 0.25) is 11.8 Å². The number of likely N-dealkylation sites (N-methyl/N-ethyl adjacent to an activating group) is 1. The largest absolute Gasteiger partial charge is 0.497 e. The monoisotopic (exact) mass is 452 g/mol. The van der Waals surface area contributed by atoms with Gasteiger partial charge in [-0.25, -0.2) is 4.39 Å². The van der Waals surface area contributed by atoms with E-state index in [9.17, 15) is 14.0 Å². The first-order valence-electron chi connectivity index (χ1n) is 9.55. The van der Waals surface area contributed by atoms with Crippen molar-refractivity contribution in [2.75, 3.05) is 19.9 Å². The molecule has 2 amide bonds. The highest BCUT2D eigenvalue weighted by Crippen LogP contribution is 2.25. The molecule has 5 nitrogen and oxygen atoms in total. The van der Waals surface area contributed by atoms with Gasteiger partial charge in [-0.05, 0) is 36.2 Å². The van der Waals surface area contributed by atoms with E-state index >= 15 is 0 Å². The van der Waals surface area contributed by atoms with Crippen molar-refractivity contribution in [2.45, 2.75) is 31.7 Å². The summed E-state index contributed by atoms with van der Waals surface area (Å²) in [5.74, 6) is 0.278. The second kappa shape index (κ2) is 11.8. The smallest absolute Gasteiger partial charge is 0.242 e. The van der Waals surface area contributed by atoms with Crippen LogP contribution in [-0.2, 0) is 21.9 Å². The molecule has 8 heteroatoms. The summed E-state index contributed by atoms with van der Waals surface area (Å²) in [6.45, 7) is 2.15. The van der Waals surface area contributed by atoms with Crippen LogP contribution in [0.1, 0.15) is 24.5 Å². The van der Waals surface area contributed by atoms with Crippen LogP contribution in [0, 0.1) is 5.82 Å². The highest BCUT2D eigenvalue weighted by Gasteiger charge is 2.28. The lowest BCUT2D eigenvalue weighted by molar-refractivity contribution is -0.139. The third-order valence-corrected chi connectivity index (χ3v) is 5.98. The molecule has 0 aliphatic rings. The van der Waals surface area contributed by atoms with Crippen LogP contribution in [0.5, 0.6) is 5.75 Å². The molecule has 30 heavy (non-hydrogen) atoms. The maximum absolute atomic E-state index is 14.0. The molecular weight excluding hydrogens is 427 g/mol. The molecule has 2 aromatic carbocycles. The number of carbonyl (C=O) groups is 2. The van der Waals surface area contributed by atoms with Gasteiger partial charge in [0.05, 0.1) is 12.9 Å². The molecule has 0 saturated carbocycles. The van der Waals surface area contributed by atoms with Crippen LogP contribution in [0.2, 0.25) is 5.02 Å². The van der Waals surface area contributed by atoms with Gasteiger partial charge >= 0.3 is 0 Å². The number of ether oxygens (including phenoxy) is 1. The zero-order valence-electron chi connectivity index (χ0n) is 17.3. The fourth-order valence-electron chi connectivity index (χ4n) is 3.01. The summed E-state index contributed by atoms with van der Waals surface area (Å²) in [5.41, 5.74) is 1.26. The lowest BCUT2D eigenvalue weighted by atomic mass is 10.1. The average molecular weight is 453 g/mol. The molecule has 2 rings (SSSR count). The minimum Gasteiger partial charge on any atom is -0.497 e. The number of thioether (sulfide) groups is 1. The molecular formula is C22H26ClFN2O3S. The van der Waals surface area contributed by atoms with Gasteiger partial charge in [0.25, 0.3) is 0 Å². The molecule has 0 heterocycles. The first kappa shape index (κ1) is 24.0. The van der Waals surface area contributed by atoms with E-state index in [4.69, 9.17) is 16.3 Å². The molecule has 162 valence electrons. The van der Waals surface area contributed by atoms with Crippen molar-refractivity contribution < 1.29 is 18.7 Å². The topological polar surface area (TPSA) is 58.6 Å². The molecule has 1 atom stereocenters. The van der Waals surface area contributed by atoms with E-state index in [0.29, 0.717) is 22.8 Å². The minimum atomic E-state index is -0.595. The van der Waals surface area contributed by atoms with Crippen LogP contribution >= 0.6 is 23.4 Å². The zero-order chi connectivity index (χ0) is 22.1. The van der Waals surface area contributed by atoms with Crippen molar-refractivity contribution in [1.82, 2.24) is 10.2 Å². The Morgan fingerprint density at radius 3 is 2.50 bits per heavy atom. The van der Waals surface area contributed by atoms with Gasteiger partial charge in [-0.15, -0.1) is 11.8 Å². The minimum absolute atomic E-state index is 0.105. The Hall–Kier alpha value is -2.25. The lowest BCUT2D eigenvalue weighted by Crippen LogP contribution is -2.48. The maximum Gasteiger partial charge on any atom is 0.242 e. The molecule has 0 aliphatic carbocycles. The van der Waals surface area contributed by atoms with Gasteiger partial charge in [0.15, 0.2) is 0 Å². The molecule has 0 bridgehead atoms. The molecule has 0 unspecified atom stereocenters. The van der Waals surface area contributed by atoms with Crippen molar-refractivity contribution in [3.05, 3.63) is 64.4 Å². The molecule has 0 aliphatic heterocycles. The Balaban J connectivity index is 2.13. The van der Waals surface area contributed by atoms with E-state index in [1.165, 1.54) is 17.8 Å². The van der Waals surface area contributed by atoms with Crippen LogP contribution in [0.25, 0.3) is 0 Å². The van der Waals surface area contributed by atoms with Gasteiger partial charge < -0.3 is 15.0 Å². The van der Waals surface area contributed by atoms with Gasteiger partial charge in [0.1, 0.15) is 17.6 Å². The second-order valence-corrected chi connectivity index (χ2v) is 7.99. The summed E-state index contributed by atoms with van der Waals surface area (Å²) >= 11 is 7.33.